The number of nitrogens with one attached hydrogen (secondary N) is 1. The van der Waals surface area contributed by atoms with Gasteiger partial charge in [-0.05, 0) is 32.5 Å². The first-order valence-corrected chi connectivity index (χ1v) is 5.87. The Morgan fingerprint density at radius 1 is 1.19 bits per heavy atom. The van der Waals surface area contributed by atoms with Crippen LogP contribution in [0.15, 0.2) is 0 Å². The van der Waals surface area contributed by atoms with Crippen molar-refractivity contribution in [2.24, 2.45) is 0 Å². The van der Waals surface area contributed by atoms with E-state index >= 15 is 0 Å². The molecule has 0 aromatic carbocycles. The minimum atomic E-state index is -4.08. The lowest BCUT2D eigenvalue weighted by Gasteiger charge is -2.21. The lowest BCUT2D eigenvalue weighted by Crippen LogP contribution is -2.35. The van der Waals surface area contributed by atoms with Crippen molar-refractivity contribution in [2.75, 3.05) is 26.2 Å². The van der Waals surface area contributed by atoms with Crippen LogP contribution in [-0.4, -0.2) is 43.3 Å². The molecule has 0 saturated carbocycles. The highest BCUT2D eigenvalue weighted by molar-refractivity contribution is 4.62. The van der Waals surface area contributed by atoms with Crippen molar-refractivity contribution >= 4 is 0 Å². The number of nitrogens with zero attached hydrogens (tertiary/aromatic N) is 1. The van der Waals surface area contributed by atoms with E-state index in [0.717, 1.165) is 19.4 Å². The van der Waals surface area contributed by atoms with E-state index in [1.54, 1.807) is 6.92 Å². The van der Waals surface area contributed by atoms with Crippen molar-refractivity contribution < 1.29 is 13.2 Å². The molecule has 0 unspecified atom stereocenters. The Balaban J connectivity index is 3.56. The van der Waals surface area contributed by atoms with E-state index in [1.807, 2.05) is 0 Å². The molecule has 5 heteroatoms. The number of unbranched alkanes of at least 4 members (excludes halogenated alkanes) is 1. The quantitative estimate of drug-likeness (QED) is 0.656. The summed E-state index contributed by atoms with van der Waals surface area (Å²) in [7, 11) is 0. The van der Waals surface area contributed by atoms with Crippen molar-refractivity contribution in [1.82, 2.24) is 10.2 Å². The van der Waals surface area contributed by atoms with E-state index in [2.05, 4.69) is 19.2 Å². The van der Waals surface area contributed by atoms with Gasteiger partial charge in [0.05, 0.1) is 6.54 Å². The van der Waals surface area contributed by atoms with Crippen molar-refractivity contribution in [3.63, 3.8) is 0 Å². The average Bonchev–Trinajstić information content (AvgIpc) is 2.13. The summed E-state index contributed by atoms with van der Waals surface area (Å²) in [5, 5.41) is 3.24. The zero-order valence-corrected chi connectivity index (χ0v) is 10.4. The van der Waals surface area contributed by atoms with Crippen molar-refractivity contribution in [1.29, 1.82) is 0 Å². The van der Waals surface area contributed by atoms with E-state index in [4.69, 9.17) is 0 Å². The smallest absolute Gasteiger partial charge is 0.315 e. The molecule has 0 radical (unpaired) electrons. The number of alkyl halides is 3. The van der Waals surface area contributed by atoms with Gasteiger partial charge in [0.15, 0.2) is 0 Å². The molecule has 0 fully saturated rings. The summed E-state index contributed by atoms with van der Waals surface area (Å²) in [6.45, 7) is 6.94. The largest absolute Gasteiger partial charge is 0.401 e. The minimum Gasteiger partial charge on any atom is -0.315 e. The third kappa shape index (κ3) is 10.2. The Hall–Kier alpha value is -0.290. The molecule has 0 aromatic rings. The Labute approximate surface area is 96.2 Å². The highest BCUT2D eigenvalue weighted by Gasteiger charge is 2.29. The lowest BCUT2D eigenvalue weighted by atomic mass is 10.2. The summed E-state index contributed by atoms with van der Waals surface area (Å²) in [5.74, 6) is 0. The fraction of sp³-hybridized carbons (Fsp3) is 1.00. The molecule has 0 spiro atoms. The summed E-state index contributed by atoms with van der Waals surface area (Å²) in [4.78, 5) is 1.44. The van der Waals surface area contributed by atoms with Crippen LogP contribution in [0.5, 0.6) is 0 Å². The number of hydrogen-bond acceptors (Lipinski definition) is 2. The van der Waals surface area contributed by atoms with E-state index in [0.29, 0.717) is 19.1 Å². The first-order chi connectivity index (χ1) is 7.35. The molecule has 2 nitrogen and oxygen atoms in total. The van der Waals surface area contributed by atoms with Gasteiger partial charge in [0.2, 0.25) is 0 Å². The second-order valence-electron chi connectivity index (χ2n) is 4.30. The predicted molar refractivity (Wildman–Crippen MR) is 60.5 cm³/mol. The fourth-order valence-electron chi connectivity index (χ4n) is 1.45. The maximum absolute atomic E-state index is 12.1. The summed E-state index contributed by atoms with van der Waals surface area (Å²) < 4.78 is 36.4. The molecule has 0 amide bonds. The van der Waals surface area contributed by atoms with Crippen LogP contribution in [-0.2, 0) is 0 Å². The molecule has 1 N–H and O–H groups in total. The molecule has 0 rings (SSSR count). The number of hydrogen-bond donors (Lipinski definition) is 1. The van der Waals surface area contributed by atoms with E-state index < -0.39 is 12.7 Å². The van der Waals surface area contributed by atoms with Crippen LogP contribution in [0.3, 0.4) is 0 Å². The maximum Gasteiger partial charge on any atom is 0.401 e. The van der Waals surface area contributed by atoms with Crippen LogP contribution in [0, 0.1) is 0 Å². The Bertz CT molecular complexity index is 169. The lowest BCUT2D eigenvalue weighted by molar-refractivity contribution is -0.145. The van der Waals surface area contributed by atoms with Crippen molar-refractivity contribution in [2.45, 2.75) is 45.8 Å². The van der Waals surface area contributed by atoms with E-state index in [-0.39, 0.29) is 0 Å². The zero-order valence-electron chi connectivity index (χ0n) is 10.4. The molecule has 0 bridgehead atoms. The molecule has 0 heterocycles. The summed E-state index contributed by atoms with van der Waals surface area (Å²) in [5.41, 5.74) is 0. The minimum absolute atomic E-state index is 0.442. The van der Waals surface area contributed by atoms with Crippen molar-refractivity contribution in [3.8, 4) is 0 Å². The van der Waals surface area contributed by atoms with E-state index in [9.17, 15) is 13.2 Å². The third-order valence-electron chi connectivity index (χ3n) is 2.30. The second-order valence-corrected chi connectivity index (χ2v) is 4.30. The highest BCUT2D eigenvalue weighted by Crippen LogP contribution is 2.16. The Morgan fingerprint density at radius 3 is 2.25 bits per heavy atom. The first kappa shape index (κ1) is 15.7. The topological polar surface area (TPSA) is 15.3 Å². The van der Waals surface area contributed by atoms with Crippen LogP contribution in [0.2, 0.25) is 0 Å². The van der Waals surface area contributed by atoms with Gasteiger partial charge in [-0.1, -0.05) is 20.8 Å². The predicted octanol–water partition coefficient (Wildman–Crippen LogP) is 2.65. The molecule has 0 aliphatic rings. The molecule has 0 aromatic heterocycles. The van der Waals surface area contributed by atoms with Gasteiger partial charge in [-0.15, -0.1) is 0 Å². The normalized spacial score (nSPS) is 12.8. The van der Waals surface area contributed by atoms with Gasteiger partial charge in [0.1, 0.15) is 0 Å². The summed E-state index contributed by atoms with van der Waals surface area (Å²) in [6.07, 6.45) is -2.34. The number of rotatable bonds is 8. The fourth-order valence-corrected chi connectivity index (χ4v) is 1.45. The van der Waals surface area contributed by atoms with Gasteiger partial charge in [-0.3, -0.25) is 4.90 Å². The Morgan fingerprint density at radius 2 is 1.81 bits per heavy atom. The van der Waals surface area contributed by atoms with Crippen LogP contribution in [0.4, 0.5) is 13.2 Å². The van der Waals surface area contributed by atoms with Crippen molar-refractivity contribution in [3.05, 3.63) is 0 Å². The highest BCUT2D eigenvalue weighted by atomic mass is 19.4. The third-order valence-corrected chi connectivity index (χ3v) is 2.30. The Kier molecular flexibility index (Phi) is 7.76. The standard InChI is InChI=1S/C11H23F3N2/c1-4-16(9-11(12,13)14)8-6-5-7-15-10(2)3/h10,15H,4-9H2,1-3H3. The van der Waals surface area contributed by atoms with E-state index in [1.165, 1.54) is 4.90 Å². The molecule has 16 heavy (non-hydrogen) atoms. The molecule has 0 aliphatic carbocycles. The second kappa shape index (κ2) is 7.90. The first-order valence-electron chi connectivity index (χ1n) is 5.87. The molecule has 0 atom stereocenters. The van der Waals surface area contributed by atoms with Gasteiger partial charge in [-0.2, -0.15) is 13.2 Å². The molecule has 98 valence electrons. The van der Waals surface area contributed by atoms with Gasteiger partial charge in [0.25, 0.3) is 0 Å². The van der Waals surface area contributed by atoms with Crippen LogP contribution in [0.1, 0.15) is 33.6 Å². The molecule has 0 aliphatic heterocycles. The number of halogens is 3. The van der Waals surface area contributed by atoms with Gasteiger partial charge in [0, 0.05) is 6.04 Å². The maximum atomic E-state index is 12.1. The summed E-state index contributed by atoms with van der Waals surface area (Å²) >= 11 is 0. The molecular formula is C11H23F3N2. The summed E-state index contributed by atoms with van der Waals surface area (Å²) in [6, 6.07) is 0.442. The van der Waals surface area contributed by atoms with Crippen LogP contribution in [0.25, 0.3) is 0 Å². The van der Waals surface area contributed by atoms with Gasteiger partial charge in [-0.25, -0.2) is 0 Å². The molecular weight excluding hydrogens is 217 g/mol. The van der Waals surface area contributed by atoms with Gasteiger partial charge >= 0.3 is 6.18 Å². The average molecular weight is 240 g/mol. The zero-order chi connectivity index (χ0) is 12.6. The van der Waals surface area contributed by atoms with Crippen LogP contribution < -0.4 is 5.32 Å². The SMILES string of the molecule is CCN(CCCCNC(C)C)CC(F)(F)F. The molecule has 0 saturated heterocycles. The monoisotopic (exact) mass is 240 g/mol. The van der Waals surface area contributed by atoms with Gasteiger partial charge < -0.3 is 5.32 Å². The van der Waals surface area contributed by atoms with Crippen LogP contribution >= 0.6 is 0 Å².